The molecule has 1 N–H and O–H groups in total. The van der Waals surface area contributed by atoms with Gasteiger partial charge in [0.15, 0.2) is 0 Å². The second-order valence-electron chi connectivity index (χ2n) is 9.35. The Balaban J connectivity index is 0.00000385. The molecule has 33 heavy (non-hydrogen) atoms. The van der Waals surface area contributed by atoms with E-state index in [1.54, 1.807) is 0 Å². The third-order valence-electron chi connectivity index (χ3n) is 6.82. The molecule has 6 heteroatoms. The van der Waals surface area contributed by atoms with Crippen molar-refractivity contribution in [1.29, 1.82) is 0 Å². The van der Waals surface area contributed by atoms with Crippen LogP contribution >= 0.6 is 11.3 Å². The van der Waals surface area contributed by atoms with Crippen molar-refractivity contribution in [3.63, 3.8) is 0 Å². The molecular formula is C27H34NO3SY-. The van der Waals surface area contributed by atoms with E-state index in [1.165, 1.54) is 11.3 Å². The van der Waals surface area contributed by atoms with Gasteiger partial charge in [-0.2, -0.15) is 12.1 Å². The van der Waals surface area contributed by atoms with E-state index in [1.807, 2.05) is 50.2 Å². The molecule has 1 aliphatic carbocycles. The molecule has 0 saturated heterocycles. The van der Waals surface area contributed by atoms with Crippen LogP contribution in [0.2, 0.25) is 0 Å². The van der Waals surface area contributed by atoms with E-state index in [0.29, 0.717) is 26.1 Å². The number of unbranched alkanes of at least 4 members (excludes halogenated alkanes) is 2. The van der Waals surface area contributed by atoms with E-state index < -0.39 is 11.5 Å². The van der Waals surface area contributed by atoms with Crippen LogP contribution in [0.15, 0.2) is 36.4 Å². The summed E-state index contributed by atoms with van der Waals surface area (Å²) in [5.41, 5.74) is 1.48. The molecule has 1 saturated carbocycles. The minimum absolute atomic E-state index is 0. The Hall–Kier alpha value is -0.896. The van der Waals surface area contributed by atoms with E-state index in [9.17, 15) is 9.90 Å². The minimum Gasteiger partial charge on any atom is -0.392 e. The molecule has 1 aromatic heterocycles. The van der Waals surface area contributed by atoms with Crippen LogP contribution in [0.3, 0.4) is 0 Å². The first-order chi connectivity index (χ1) is 15.4. The van der Waals surface area contributed by atoms with Crippen LogP contribution in [0.4, 0.5) is 0 Å². The second kappa shape index (κ2) is 13.3. The van der Waals surface area contributed by atoms with Crippen molar-refractivity contribution in [2.45, 2.75) is 83.0 Å². The van der Waals surface area contributed by atoms with Crippen molar-refractivity contribution in [3.05, 3.63) is 69.2 Å². The summed E-state index contributed by atoms with van der Waals surface area (Å²) in [7, 11) is 0. The minimum atomic E-state index is -0.563. The molecule has 0 spiro atoms. The van der Waals surface area contributed by atoms with Gasteiger partial charge in [0, 0.05) is 63.5 Å². The molecule has 3 rings (SSSR count). The zero-order valence-corrected chi connectivity index (χ0v) is 23.6. The molecular weight excluding hydrogens is 507 g/mol. The predicted octanol–water partition coefficient (Wildman–Crippen LogP) is 5.94. The van der Waals surface area contributed by atoms with Crippen molar-refractivity contribution < 1.29 is 47.3 Å². The Bertz CT molecular complexity index is 904. The summed E-state index contributed by atoms with van der Waals surface area (Å²) in [4.78, 5) is 17.7. The molecule has 1 aromatic carbocycles. The van der Waals surface area contributed by atoms with Crippen molar-refractivity contribution in [2.75, 3.05) is 6.61 Å². The molecule has 175 valence electrons. The molecule has 0 bridgehead atoms. The third kappa shape index (κ3) is 7.06. The smallest absolute Gasteiger partial charge is 0.231 e. The van der Waals surface area contributed by atoms with Gasteiger partial charge in [-0.05, 0) is 31.4 Å². The summed E-state index contributed by atoms with van der Waals surface area (Å²) in [5.74, 6) is 0.0761. The molecule has 0 aliphatic heterocycles. The van der Waals surface area contributed by atoms with Crippen molar-refractivity contribution in [2.24, 2.45) is 5.92 Å². The third-order valence-corrected chi connectivity index (χ3v) is 7.59. The Morgan fingerprint density at radius 3 is 2.61 bits per heavy atom. The average Bonchev–Trinajstić information content (AvgIpc) is 3.41. The predicted molar refractivity (Wildman–Crippen MR) is 129 cm³/mol. The number of thiophene rings is 1. The standard InChI is InChI=1S/C27H34NO3S.Y/c1-5-6-7-10-25(30)27(2,3)20-13-11-19(12-14-20)26-22(23(28-4)16-24(26)29)18-31-17-21-9-8-15-32-21;/h8-9,11-14,22-24,26,29H,5-7,10,16-18H2,1-3H3;/q-1;/t22?,23-,24-,26?;/m1./s1. The summed E-state index contributed by atoms with van der Waals surface area (Å²) in [6.45, 7) is 14.7. The summed E-state index contributed by atoms with van der Waals surface area (Å²) in [6.07, 6.45) is 3.64. The molecule has 4 nitrogen and oxygen atoms in total. The maximum Gasteiger partial charge on any atom is 0.231 e. The van der Waals surface area contributed by atoms with E-state index in [0.717, 1.165) is 35.3 Å². The van der Waals surface area contributed by atoms with E-state index in [2.05, 4.69) is 17.1 Å². The molecule has 1 radical (unpaired) electrons. The van der Waals surface area contributed by atoms with Gasteiger partial charge in [0.25, 0.3) is 0 Å². The second-order valence-corrected chi connectivity index (χ2v) is 10.3. The fraction of sp³-hybridized carbons (Fsp3) is 0.556. The maximum atomic E-state index is 12.8. The van der Waals surface area contributed by atoms with Crippen LogP contribution in [0, 0.1) is 17.9 Å². The van der Waals surface area contributed by atoms with Gasteiger partial charge in [-0.3, -0.25) is 16.1 Å². The number of aliphatic hydroxyl groups is 1. The van der Waals surface area contributed by atoms with E-state index >= 15 is 0 Å². The normalized spacial score (nSPS) is 22.5. The van der Waals surface area contributed by atoms with Gasteiger partial charge in [-0.1, -0.05) is 44.0 Å². The van der Waals surface area contributed by atoms with Crippen molar-refractivity contribution in [3.8, 4) is 0 Å². The van der Waals surface area contributed by atoms with Gasteiger partial charge < -0.3 is 14.7 Å². The molecule has 1 fully saturated rings. The number of ether oxygens (including phenoxy) is 1. The van der Waals surface area contributed by atoms with E-state index in [4.69, 9.17) is 11.3 Å². The molecule has 4 atom stereocenters. The number of hydrogen-bond acceptors (Lipinski definition) is 4. The summed E-state index contributed by atoms with van der Waals surface area (Å²) < 4.78 is 5.94. The van der Waals surface area contributed by atoms with E-state index in [-0.39, 0.29) is 56.4 Å². The first-order valence-electron chi connectivity index (χ1n) is 11.6. The van der Waals surface area contributed by atoms with Crippen LogP contribution in [-0.4, -0.2) is 29.6 Å². The Labute approximate surface area is 227 Å². The first kappa shape index (κ1) is 28.3. The molecule has 1 heterocycles. The van der Waals surface area contributed by atoms with Crippen molar-refractivity contribution in [1.82, 2.24) is 0 Å². The van der Waals surface area contributed by atoms with Gasteiger partial charge in [0.2, 0.25) is 6.04 Å². The number of carbonyl (C=O) groups excluding carboxylic acids is 1. The number of ketones is 1. The van der Waals surface area contributed by atoms with Gasteiger partial charge >= 0.3 is 0 Å². The topological polar surface area (TPSA) is 50.9 Å². The number of hydrogen-bond donors (Lipinski definition) is 1. The summed E-state index contributed by atoms with van der Waals surface area (Å²) in [5, 5.41) is 13.8. The summed E-state index contributed by atoms with van der Waals surface area (Å²) >= 11 is 1.53. The number of carbonyl (C=O) groups is 1. The number of rotatable bonds is 11. The van der Waals surface area contributed by atoms with Crippen LogP contribution < -0.4 is 0 Å². The van der Waals surface area contributed by atoms with Gasteiger partial charge in [0.05, 0.1) is 18.6 Å². The monoisotopic (exact) mass is 541 g/mol. The number of benzene rings is 1. The zero-order chi connectivity index (χ0) is 23.1. The van der Waals surface area contributed by atoms with Crippen molar-refractivity contribution >= 4 is 17.1 Å². The first-order valence-corrected chi connectivity index (χ1v) is 12.4. The number of nitrogens with zero attached hydrogens (tertiary/aromatic N) is 1. The Kier molecular flexibility index (Phi) is 11.4. The molecule has 2 unspecified atom stereocenters. The van der Waals surface area contributed by atoms with Gasteiger partial charge in [-0.25, -0.2) is 6.57 Å². The Morgan fingerprint density at radius 1 is 1.27 bits per heavy atom. The Morgan fingerprint density at radius 2 is 2.00 bits per heavy atom. The van der Waals surface area contributed by atoms with Crippen LogP contribution in [0.1, 0.15) is 74.8 Å². The van der Waals surface area contributed by atoms with Crippen LogP contribution in [0.5, 0.6) is 0 Å². The van der Waals surface area contributed by atoms with Crippen LogP contribution in [0.25, 0.3) is 4.85 Å². The molecule has 2 aromatic rings. The maximum absolute atomic E-state index is 12.8. The zero-order valence-electron chi connectivity index (χ0n) is 19.9. The summed E-state index contributed by atoms with van der Waals surface area (Å²) in [6, 6.07) is 11.7. The average molecular weight is 542 g/mol. The van der Waals surface area contributed by atoms with Gasteiger partial charge in [0.1, 0.15) is 5.78 Å². The number of Topliss-reactive ketones (excluding diaryl/α,β-unsaturated/α-hetero) is 1. The van der Waals surface area contributed by atoms with Crippen LogP contribution in [-0.2, 0) is 54.3 Å². The molecule has 1 aliphatic rings. The number of aliphatic hydroxyl groups excluding tert-OH is 1. The fourth-order valence-electron chi connectivity index (χ4n) is 4.70. The quantitative estimate of drug-likeness (QED) is 0.283. The fourth-order valence-corrected chi connectivity index (χ4v) is 5.27. The largest absolute Gasteiger partial charge is 0.392 e. The SMILES string of the molecule is [C-]#[N+][C@@H]1C[C@@H](O)C(c2ccc(C(C)(C)C(=O)CCCCC)cc2)C1COCc1cc[c-]s1.[Y]. The van der Waals surface area contributed by atoms with Gasteiger partial charge in [-0.15, -0.1) is 10.3 Å². The molecule has 0 amide bonds.